The van der Waals surface area contributed by atoms with Crippen LogP contribution in [0.5, 0.6) is 0 Å². The number of sulfonamides is 1. The highest BCUT2D eigenvalue weighted by atomic mass is 79.9. The quantitative estimate of drug-likeness (QED) is 0.684. The Morgan fingerprint density at radius 1 is 1.24 bits per heavy atom. The molecule has 1 unspecified atom stereocenters. The maximum absolute atomic E-state index is 12.5. The van der Waals surface area contributed by atoms with E-state index in [1.54, 1.807) is 12.1 Å². The van der Waals surface area contributed by atoms with Crippen LogP contribution in [0.1, 0.15) is 39.7 Å². The van der Waals surface area contributed by atoms with Gasteiger partial charge in [0, 0.05) is 17.1 Å². The fourth-order valence-electron chi connectivity index (χ4n) is 1.72. The van der Waals surface area contributed by atoms with Crippen LogP contribution >= 0.6 is 15.9 Å². The molecular weight excluding hydrogens is 352 g/mol. The molecule has 0 bridgehead atoms. The van der Waals surface area contributed by atoms with Gasteiger partial charge in [0.05, 0.1) is 4.90 Å². The number of halogens is 1. The van der Waals surface area contributed by atoms with Crippen LogP contribution in [-0.4, -0.2) is 21.0 Å². The third-order valence-electron chi connectivity index (χ3n) is 3.38. The van der Waals surface area contributed by atoms with Gasteiger partial charge in [-0.3, -0.25) is 0 Å². The third kappa shape index (κ3) is 5.70. The van der Waals surface area contributed by atoms with Gasteiger partial charge in [-0.05, 0) is 59.4 Å². The zero-order chi connectivity index (χ0) is 16.0. The molecule has 1 rings (SSSR count). The van der Waals surface area contributed by atoms with Crippen LogP contribution in [0.25, 0.3) is 0 Å². The summed E-state index contributed by atoms with van der Waals surface area (Å²) in [4.78, 5) is 0.297. The highest BCUT2D eigenvalue weighted by Gasteiger charge is 2.22. The van der Waals surface area contributed by atoms with E-state index < -0.39 is 10.0 Å². The minimum absolute atomic E-state index is 0.108. The summed E-state index contributed by atoms with van der Waals surface area (Å²) < 4.78 is 28.3. The molecule has 0 aliphatic heterocycles. The predicted molar refractivity (Wildman–Crippen MR) is 90.8 cm³/mol. The molecular formula is C15H25BrN2O2S. The first-order valence-electron chi connectivity index (χ1n) is 7.29. The predicted octanol–water partition coefficient (Wildman–Crippen LogP) is 3.27. The van der Waals surface area contributed by atoms with Crippen molar-refractivity contribution < 1.29 is 8.42 Å². The molecule has 0 aliphatic rings. The van der Waals surface area contributed by atoms with Crippen molar-refractivity contribution in [2.75, 3.05) is 6.54 Å². The Hall–Kier alpha value is -0.430. The summed E-state index contributed by atoms with van der Waals surface area (Å²) in [6.45, 7) is 9.55. The van der Waals surface area contributed by atoms with Gasteiger partial charge in [0.15, 0.2) is 0 Å². The highest BCUT2D eigenvalue weighted by Crippen LogP contribution is 2.24. The maximum atomic E-state index is 12.5. The summed E-state index contributed by atoms with van der Waals surface area (Å²) in [5.41, 5.74) is 0.962. The second-order valence-corrected chi connectivity index (χ2v) is 8.13. The lowest BCUT2D eigenvalue weighted by molar-refractivity contribution is 0.476. The summed E-state index contributed by atoms with van der Waals surface area (Å²) in [5, 5.41) is 3.28. The molecule has 2 N–H and O–H groups in total. The van der Waals surface area contributed by atoms with Crippen molar-refractivity contribution >= 4 is 26.0 Å². The molecule has 0 radical (unpaired) electrons. The normalized spacial score (nSPS) is 13.6. The molecule has 1 atom stereocenters. The molecule has 0 aromatic heterocycles. The fourth-order valence-corrected chi connectivity index (χ4v) is 4.12. The molecule has 4 nitrogen and oxygen atoms in total. The molecule has 6 heteroatoms. The van der Waals surface area contributed by atoms with Crippen molar-refractivity contribution in [2.24, 2.45) is 5.92 Å². The Labute approximate surface area is 136 Å². The van der Waals surface area contributed by atoms with E-state index in [1.165, 1.54) is 0 Å². The summed E-state index contributed by atoms with van der Waals surface area (Å²) >= 11 is 3.34. The molecule has 0 saturated carbocycles. The molecule has 0 fully saturated rings. The van der Waals surface area contributed by atoms with Gasteiger partial charge in [-0.1, -0.05) is 26.8 Å². The van der Waals surface area contributed by atoms with E-state index in [4.69, 9.17) is 0 Å². The molecule has 0 heterocycles. The van der Waals surface area contributed by atoms with Gasteiger partial charge in [-0.25, -0.2) is 13.1 Å². The molecule has 0 saturated heterocycles. The van der Waals surface area contributed by atoms with Crippen molar-refractivity contribution in [3.8, 4) is 0 Å². The smallest absolute Gasteiger partial charge is 0.241 e. The van der Waals surface area contributed by atoms with Crippen molar-refractivity contribution in [3.63, 3.8) is 0 Å². The minimum Gasteiger partial charge on any atom is -0.313 e. The second-order valence-electron chi connectivity index (χ2n) is 5.60. The van der Waals surface area contributed by atoms with Crippen LogP contribution in [0.4, 0.5) is 0 Å². The van der Waals surface area contributed by atoms with Gasteiger partial charge in [0.2, 0.25) is 10.0 Å². The Morgan fingerprint density at radius 3 is 2.48 bits per heavy atom. The molecule has 120 valence electrons. The maximum Gasteiger partial charge on any atom is 0.241 e. The molecule has 0 amide bonds. The average Bonchev–Trinajstić information content (AvgIpc) is 2.40. The lowest BCUT2D eigenvalue weighted by Gasteiger charge is -2.18. The molecule has 0 spiro atoms. The highest BCUT2D eigenvalue weighted by molar-refractivity contribution is 9.10. The van der Waals surface area contributed by atoms with Crippen LogP contribution in [0.3, 0.4) is 0 Å². The summed E-state index contributed by atoms with van der Waals surface area (Å²) in [6.07, 6.45) is 1.05. The minimum atomic E-state index is -3.51. The van der Waals surface area contributed by atoms with E-state index in [-0.39, 0.29) is 12.0 Å². The largest absolute Gasteiger partial charge is 0.313 e. The zero-order valence-electron chi connectivity index (χ0n) is 13.1. The monoisotopic (exact) mass is 376 g/mol. The fraction of sp³-hybridized carbons (Fsp3) is 0.600. The standard InChI is InChI=1S/C15H25BrN2O2S/c1-5-8-17-10-13-6-7-14(16)15(9-13)21(19,20)18-12(4)11(2)3/h6-7,9,11-12,17-18H,5,8,10H2,1-4H3. The number of hydrogen-bond donors (Lipinski definition) is 2. The van der Waals surface area contributed by atoms with Crippen molar-refractivity contribution in [3.05, 3.63) is 28.2 Å². The Kier molecular flexibility index (Phi) is 7.33. The van der Waals surface area contributed by atoms with E-state index >= 15 is 0 Å². The molecule has 1 aromatic rings. The molecule has 0 aliphatic carbocycles. The lowest BCUT2D eigenvalue weighted by Crippen LogP contribution is -2.36. The van der Waals surface area contributed by atoms with Crippen LogP contribution in [0.2, 0.25) is 0 Å². The SMILES string of the molecule is CCCNCc1ccc(Br)c(S(=O)(=O)NC(C)C(C)C)c1. The van der Waals surface area contributed by atoms with Crippen LogP contribution in [-0.2, 0) is 16.6 Å². The van der Waals surface area contributed by atoms with Gasteiger partial charge in [0.25, 0.3) is 0 Å². The van der Waals surface area contributed by atoms with Gasteiger partial charge in [0.1, 0.15) is 0 Å². The average molecular weight is 377 g/mol. The van der Waals surface area contributed by atoms with E-state index in [0.717, 1.165) is 18.5 Å². The Morgan fingerprint density at radius 2 is 1.90 bits per heavy atom. The topological polar surface area (TPSA) is 58.2 Å². The third-order valence-corrected chi connectivity index (χ3v) is 5.93. The Bertz CT molecular complexity index is 559. The van der Waals surface area contributed by atoms with E-state index in [2.05, 4.69) is 32.9 Å². The number of benzene rings is 1. The summed E-state index contributed by atoms with van der Waals surface area (Å²) in [6, 6.07) is 5.33. The van der Waals surface area contributed by atoms with E-state index in [1.807, 2.05) is 26.8 Å². The van der Waals surface area contributed by atoms with Crippen molar-refractivity contribution in [1.82, 2.24) is 10.0 Å². The summed E-state index contributed by atoms with van der Waals surface area (Å²) in [7, 11) is -3.51. The van der Waals surface area contributed by atoms with Crippen LogP contribution in [0, 0.1) is 5.92 Å². The van der Waals surface area contributed by atoms with E-state index in [9.17, 15) is 8.42 Å². The first-order valence-corrected chi connectivity index (χ1v) is 9.57. The van der Waals surface area contributed by atoms with Crippen molar-refractivity contribution in [2.45, 2.75) is 51.6 Å². The number of rotatable bonds is 8. The van der Waals surface area contributed by atoms with Crippen LogP contribution < -0.4 is 10.0 Å². The first-order chi connectivity index (χ1) is 9.77. The lowest BCUT2D eigenvalue weighted by atomic mass is 10.1. The van der Waals surface area contributed by atoms with Crippen molar-refractivity contribution in [1.29, 1.82) is 0 Å². The molecule has 21 heavy (non-hydrogen) atoms. The van der Waals surface area contributed by atoms with Gasteiger partial charge in [-0.2, -0.15) is 0 Å². The second kappa shape index (κ2) is 8.27. The van der Waals surface area contributed by atoms with Crippen LogP contribution in [0.15, 0.2) is 27.6 Å². The van der Waals surface area contributed by atoms with Gasteiger partial charge < -0.3 is 5.32 Å². The molecule has 1 aromatic carbocycles. The number of nitrogens with one attached hydrogen (secondary N) is 2. The van der Waals surface area contributed by atoms with Gasteiger partial charge in [-0.15, -0.1) is 0 Å². The zero-order valence-corrected chi connectivity index (χ0v) is 15.5. The van der Waals surface area contributed by atoms with E-state index in [0.29, 0.717) is 15.9 Å². The van der Waals surface area contributed by atoms with Gasteiger partial charge >= 0.3 is 0 Å². The number of hydrogen-bond acceptors (Lipinski definition) is 3. The summed E-state index contributed by atoms with van der Waals surface area (Å²) in [5.74, 6) is 0.243. The first kappa shape index (κ1) is 18.6. The Balaban J connectivity index is 2.97.